The average molecular weight is 252 g/mol. The van der Waals surface area contributed by atoms with Crippen LogP contribution in [0.5, 0.6) is 0 Å². The van der Waals surface area contributed by atoms with Crippen LogP contribution in [-0.2, 0) is 9.53 Å². The summed E-state index contributed by atoms with van der Waals surface area (Å²) < 4.78 is 39.9. The maximum atomic E-state index is 11.7. The van der Waals surface area contributed by atoms with Gasteiger partial charge in [-0.25, -0.2) is 4.79 Å². The van der Waals surface area contributed by atoms with Crippen LogP contribution in [0.1, 0.15) is 12.8 Å². The number of terminal acetylenes is 1. The third-order valence-electron chi connectivity index (χ3n) is 2.14. The van der Waals surface area contributed by atoms with Crippen molar-refractivity contribution in [1.29, 1.82) is 0 Å². The number of unbranched alkanes of at least 4 members (excludes halogenated alkanes) is 1. The summed E-state index contributed by atoms with van der Waals surface area (Å²) in [4.78, 5) is 10.3. The summed E-state index contributed by atoms with van der Waals surface area (Å²) in [6, 6.07) is 0. The molecule has 0 fully saturated rings. The van der Waals surface area contributed by atoms with E-state index in [2.05, 4.69) is 10.7 Å². The molecular weight excluding hydrogens is 235 g/mol. The van der Waals surface area contributed by atoms with E-state index in [0.717, 1.165) is 6.54 Å². The van der Waals surface area contributed by atoms with Gasteiger partial charge < -0.3 is 9.22 Å². The van der Waals surface area contributed by atoms with Gasteiger partial charge in [0.15, 0.2) is 0 Å². The molecule has 98 valence electrons. The van der Waals surface area contributed by atoms with E-state index in [1.54, 1.807) is 0 Å². The van der Waals surface area contributed by atoms with E-state index >= 15 is 0 Å². The van der Waals surface area contributed by atoms with E-state index in [0.29, 0.717) is 23.9 Å². The fraction of sp³-hybridized carbons (Fsp3) is 0.727. The van der Waals surface area contributed by atoms with Crippen molar-refractivity contribution in [1.82, 2.24) is 0 Å². The minimum Gasteiger partial charge on any atom is -0.459 e. The van der Waals surface area contributed by atoms with E-state index in [1.165, 1.54) is 0 Å². The van der Waals surface area contributed by atoms with Crippen molar-refractivity contribution < 1.29 is 27.2 Å². The minimum absolute atomic E-state index is 0.214. The molecule has 0 atom stereocenters. The molecule has 0 aliphatic rings. The summed E-state index contributed by atoms with van der Waals surface area (Å²) in [7, 11) is 3.86. The molecular formula is C11H17F3NO2+. The Kier molecular flexibility index (Phi) is 6.03. The van der Waals surface area contributed by atoms with E-state index in [-0.39, 0.29) is 6.61 Å². The molecule has 0 aromatic carbocycles. The standard InChI is InChI=1S/C11H17F3NO2/c1-4-7-15(2,3)8-5-6-9-17-10(16)11(12,13)14/h1H,5-9H2,2-3H3/q+1. The third kappa shape index (κ3) is 7.64. The Labute approximate surface area is 99.1 Å². The van der Waals surface area contributed by atoms with Gasteiger partial charge in [0.2, 0.25) is 0 Å². The monoisotopic (exact) mass is 252 g/mol. The first-order valence-corrected chi connectivity index (χ1v) is 5.18. The molecule has 0 saturated heterocycles. The molecule has 0 aliphatic carbocycles. The summed E-state index contributed by atoms with van der Waals surface area (Å²) in [5, 5.41) is 0. The number of rotatable bonds is 6. The maximum absolute atomic E-state index is 11.7. The van der Waals surface area contributed by atoms with Gasteiger partial charge in [0.1, 0.15) is 6.54 Å². The molecule has 17 heavy (non-hydrogen) atoms. The molecule has 0 saturated carbocycles. The van der Waals surface area contributed by atoms with E-state index < -0.39 is 12.1 Å². The number of carbonyl (C=O) groups is 1. The van der Waals surface area contributed by atoms with Gasteiger partial charge in [0.05, 0.1) is 27.2 Å². The number of quaternary nitrogens is 1. The van der Waals surface area contributed by atoms with Crippen LogP contribution in [0, 0.1) is 12.3 Å². The number of hydrogen-bond donors (Lipinski definition) is 0. The van der Waals surface area contributed by atoms with Crippen molar-refractivity contribution >= 4 is 5.97 Å². The van der Waals surface area contributed by atoms with Gasteiger partial charge in [-0.3, -0.25) is 0 Å². The molecule has 0 radical (unpaired) electrons. The molecule has 0 rings (SSSR count). The molecule has 0 unspecified atom stereocenters. The van der Waals surface area contributed by atoms with Gasteiger partial charge in [0, 0.05) is 0 Å². The molecule has 0 bridgehead atoms. The van der Waals surface area contributed by atoms with Crippen molar-refractivity contribution in [3.8, 4) is 12.3 Å². The second-order valence-corrected chi connectivity index (χ2v) is 4.36. The highest BCUT2D eigenvalue weighted by molar-refractivity contribution is 5.75. The summed E-state index contributed by atoms with van der Waals surface area (Å²) in [6.45, 7) is 1.07. The zero-order valence-corrected chi connectivity index (χ0v) is 10.0. The van der Waals surface area contributed by atoms with Gasteiger partial charge in [-0.2, -0.15) is 13.2 Å². The lowest BCUT2D eigenvalue weighted by Crippen LogP contribution is -2.40. The van der Waals surface area contributed by atoms with Gasteiger partial charge in [-0.1, -0.05) is 0 Å². The van der Waals surface area contributed by atoms with Crippen LogP contribution in [0.3, 0.4) is 0 Å². The summed E-state index contributed by atoms with van der Waals surface area (Å²) in [6.07, 6.45) is 1.32. The van der Waals surface area contributed by atoms with Crippen LogP contribution in [0.15, 0.2) is 0 Å². The number of carbonyl (C=O) groups excluding carboxylic acids is 1. The number of esters is 1. The number of halogens is 3. The highest BCUT2D eigenvalue weighted by atomic mass is 19.4. The highest BCUT2D eigenvalue weighted by Crippen LogP contribution is 2.16. The van der Waals surface area contributed by atoms with Crippen LogP contribution in [0.4, 0.5) is 13.2 Å². The van der Waals surface area contributed by atoms with Gasteiger partial charge in [0.25, 0.3) is 0 Å². The van der Waals surface area contributed by atoms with E-state index in [4.69, 9.17) is 6.42 Å². The SMILES string of the molecule is C#CC[N+](C)(C)CCCCOC(=O)C(F)(F)F. The molecule has 0 N–H and O–H groups in total. The lowest BCUT2D eigenvalue weighted by atomic mass is 10.3. The van der Waals surface area contributed by atoms with Crippen LogP contribution >= 0.6 is 0 Å². The van der Waals surface area contributed by atoms with Crippen molar-refractivity contribution in [2.24, 2.45) is 0 Å². The number of nitrogens with zero attached hydrogens (tertiary/aromatic N) is 1. The zero-order valence-electron chi connectivity index (χ0n) is 10.0. The topological polar surface area (TPSA) is 26.3 Å². The summed E-state index contributed by atoms with van der Waals surface area (Å²) >= 11 is 0. The fourth-order valence-corrected chi connectivity index (χ4v) is 1.21. The van der Waals surface area contributed by atoms with Crippen LogP contribution in [0.25, 0.3) is 0 Å². The second kappa shape index (κ2) is 6.50. The van der Waals surface area contributed by atoms with E-state index in [9.17, 15) is 18.0 Å². The van der Waals surface area contributed by atoms with Crippen LogP contribution in [0.2, 0.25) is 0 Å². The first-order valence-electron chi connectivity index (χ1n) is 5.18. The van der Waals surface area contributed by atoms with Crippen molar-refractivity contribution in [3.63, 3.8) is 0 Å². The maximum Gasteiger partial charge on any atom is 0.490 e. The smallest absolute Gasteiger partial charge is 0.459 e. The predicted molar refractivity (Wildman–Crippen MR) is 56.9 cm³/mol. The van der Waals surface area contributed by atoms with Gasteiger partial charge in [-0.05, 0) is 18.8 Å². The Hall–Kier alpha value is -1.22. The van der Waals surface area contributed by atoms with Crippen LogP contribution < -0.4 is 0 Å². The Balaban J connectivity index is 3.68. The first kappa shape index (κ1) is 15.8. The third-order valence-corrected chi connectivity index (χ3v) is 2.14. The number of alkyl halides is 3. The number of ether oxygens (including phenoxy) is 1. The van der Waals surface area contributed by atoms with Crippen molar-refractivity contribution in [2.75, 3.05) is 33.8 Å². The van der Waals surface area contributed by atoms with Gasteiger partial charge in [-0.15, -0.1) is 6.42 Å². The molecule has 0 heterocycles. The molecule has 0 amide bonds. The molecule has 0 spiro atoms. The average Bonchev–Trinajstić information content (AvgIpc) is 2.15. The number of hydrogen-bond acceptors (Lipinski definition) is 2. The highest BCUT2D eigenvalue weighted by Gasteiger charge is 2.40. The molecule has 6 heteroatoms. The predicted octanol–water partition coefficient (Wildman–Crippen LogP) is 1.58. The Morgan fingerprint density at radius 2 is 1.94 bits per heavy atom. The van der Waals surface area contributed by atoms with Gasteiger partial charge >= 0.3 is 12.1 Å². The normalized spacial score (nSPS) is 12.0. The van der Waals surface area contributed by atoms with E-state index in [1.807, 2.05) is 14.1 Å². The van der Waals surface area contributed by atoms with Crippen molar-refractivity contribution in [3.05, 3.63) is 0 Å². The molecule has 0 aromatic heterocycles. The largest absolute Gasteiger partial charge is 0.490 e. The summed E-state index contributed by atoms with van der Waals surface area (Å²) in [5.41, 5.74) is 0. The second-order valence-electron chi connectivity index (χ2n) is 4.36. The summed E-state index contributed by atoms with van der Waals surface area (Å²) in [5.74, 6) is 0.395. The Morgan fingerprint density at radius 3 is 2.41 bits per heavy atom. The Bertz CT molecular complexity index is 292. The first-order chi connectivity index (χ1) is 7.69. The zero-order chi connectivity index (χ0) is 13.5. The van der Waals surface area contributed by atoms with Crippen molar-refractivity contribution in [2.45, 2.75) is 19.0 Å². The molecule has 0 aromatic rings. The minimum atomic E-state index is -4.90. The lowest BCUT2D eigenvalue weighted by Gasteiger charge is -2.27. The quantitative estimate of drug-likeness (QED) is 0.310. The fourth-order valence-electron chi connectivity index (χ4n) is 1.21. The lowest BCUT2D eigenvalue weighted by molar-refractivity contribution is -0.883. The molecule has 0 aliphatic heterocycles. The Morgan fingerprint density at radius 1 is 1.35 bits per heavy atom. The molecule has 3 nitrogen and oxygen atoms in total. The van der Waals surface area contributed by atoms with Crippen LogP contribution in [-0.4, -0.2) is 50.4 Å².